The van der Waals surface area contributed by atoms with Crippen molar-refractivity contribution in [1.82, 2.24) is 30.3 Å². The normalized spacial score (nSPS) is 11.0. The molecule has 0 bridgehead atoms. The van der Waals surface area contributed by atoms with Gasteiger partial charge in [0.15, 0.2) is 12.4 Å². The number of hydrogen-bond acceptors (Lipinski definition) is 6. The zero-order valence-electron chi connectivity index (χ0n) is 18.1. The smallest absolute Gasteiger partial charge is 0.258 e. The molecule has 4 rings (SSSR count). The highest BCUT2D eigenvalue weighted by molar-refractivity contribution is 5.79. The van der Waals surface area contributed by atoms with Crippen molar-refractivity contribution in [3.8, 4) is 23.2 Å². The first-order chi connectivity index (χ1) is 15.4. The third-order valence-electron chi connectivity index (χ3n) is 4.89. The quantitative estimate of drug-likeness (QED) is 0.466. The fourth-order valence-corrected chi connectivity index (χ4v) is 3.38. The van der Waals surface area contributed by atoms with E-state index in [0.29, 0.717) is 29.1 Å². The highest BCUT2D eigenvalue weighted by atomic mass is 16.5. The molecule has 2 N–H and O–H groups in total. The van der Waals surface area contributed by atoms with E-state index >= 15 is 0 Å². The number of H-pyrrole nitrogens is 1. The van der Waals surface area contributed by atoms with E-state index in [1.807, 2.05) is 33.0 Å². The third kappa shape index (κ3) is 4.59. The van der Waals surface area contributed by atoms with Crippen LogP contribution < -0.4 is 10.1 Å². The summed E-state index contributed by atoms with van der Waals surface area (Å²) >= 11 is 0. The first-order valence-electron chi connectivity index (χ1n) is 10.2. The van der Waals surface area contributed by atoms with Crippen molar-refractivity contribution in [3.05, 3.63) is 59.5 Å². The van der Waals surface area contributed by atoms with Crippen LogP contribution in [-0.4, -0.2) is 43.5 Å². The molecule has 0 aliphatic heterocycles. The molecule has 0 fully saturated rings. The molecule has 0 unspecified atom stereocenters. The number of nitriles is 1. The second-order valence-electron chi connectivity index (χ2n) is 7.77. The minimum Gasteiger partial charge on any atom is -0.484 e. The molecule has 0 atom stereocenters. The van der Waals surface area contributed by atoms with Gasteiger partial charge in [0.2, 0.25) is 0 Å². The van der Waals surface area contributed by atoms with E-state index in [4.69, 9.17) is 4.74 Å². The number of nitrogens with one attached hydrogen (secondary N) is 2. The summed E-state index contributed by atoms with van der Waals surface area (Å²) in [6.45, 7) is 3.64. The number of aromatic nitrogens is 5. The summed E-state index contributed by atoms with van der Waals surface area (Å²) in [7, 11) is 1.83. The van der Waals surface area contributed by atoms with Crippen LogP contribution in [0, 0.1) is 11.3 Å². The van der Waals surface area contributed by atoms with Crippen LogP contribution in [-0.2, 0) is 18.3 Å². The lowest BCUT2D eigenvalue weighted by Crippen LogP contribution is -2.34. The lowest BCUT2D eigenvalue weighted by Gasteiger charge is -2.10. The average molecular weight is 429 g/mol. The maximum absolute atomic E-state index is 11.8. The van der Waals surface area contributed by atoms with E-state index in [-0.39, 0.29) is 18.6 Å². The number of aryl methyl sites for hydroxylation is 1. The van der Waals surface area contributed by atoms with Gasteiger partial charge in [0.1, 0.15) is 17.6 Å². The predicted octanol–water partition coefficient (Wildman–Crippen LogP) is 2.72. The zero-order chi connectivity index (χ0) is 22.7. The molecule has 32 heavy (non-hydrogen) atoms. The van der Waals surface area contributed by atoms with Gasteiger partial charge in [-0.15, -0.1) is 0 Å². The van der Waals surface area contributed by atoms with E-state index in [2.05, 4.69) is 37.7 Å². The molecule has 1 amide bonds. The number of carbonyl (C=O) groups excluding carboxylic acids is 1. The molecule has 0 saturated carbocycles. The molecular weight excluding hydrogens is 406 g/mol. The van der Waals surface area contributed by atoms with Crippen molar-refractivity contribution in [2.45, 2.75) is 26.3 Å². The van der Waals surface area contributed by atoms with E-state index in [0.717, 1.165) is 22.3 Å². The Balaban J connectivity index is 1.53. The molecule has 0 aliphatic carbocycles. The maximum Gasteiger partial charge on any atom is 0.258 e. The molecule has 9 nitrogen and oxygen atoms in total. The van der Waals surface area contributed by atoms with Gasteiger partial charge in [0, 0.05) is 30.5 Å². The van der Waals surface area contributed by atoms with E-state index < -0.39 is 0 Å². The van der Waals surface area contributed by atoms with Crippen LogP contribution in [0.4, 0.5) is 0 Å². The number of rotatable bonds is 7. The van der Waals surface area contributed by atoms with Crippen molar-refractivity contribution in [2.75, 3.05) is 6.61 Å². The SMILES string of the molecule is CC(C)NC(=O)COc1ccc(-c2nc(Cc3ccc4[nH]ncc4c3)n(C)n2)c(C#N)c1. The van der Waals surface area contributed by atoms with E-state index in [1.165, 1.54) is 0 Å². The monoisotopic (exact) mass is 429 g/mol. The summed E-state index contributed by atoms with van der Waals surface area (Å²) in [5, 5.41) is 24.9. The number of nitrogens with zero attached hydrogens (tertiary/aromatic N) is 5. The van der Waals surface area contributed by atoms with Gasteiger partial charge in [-0.2, -0.15) is 15.5 Å². The first kappa shape index (κ1) is 21.1. The first-order valence-corrected chi connectivity index (χ1v) is 10.2. The fourth-order valence-electron chi connectivity index (χ4n) is 3.38. The Bertz CT molecular complexity index is 1310. The maximum atomic E-state index is 11.8. The van der Waals surface area contributed by atoms with Crippen molar-refractivity contribution in [2.24, 2.45) is 7.05 Å². The van der Waals surface area contributed by atoms with Gasteiger partial charge >= 0.3 is 0 Å². The van der Waals surface area contributed by atoms with Crippen LogP contribution in [0.1, 0.15) is 30.8 Å². The second kappa shape index (κ2) is 8.89. The Morgan fingerprint density at radius 2 is 2.12 bits per heavy atom. The molecule has 9 heteroatoms. The van der Waals surface area contributed by atoms with Crippen LogP contribution >= 0.6 is 0 Å². The Kier molecular flexibility index (Phi) is 5.85. The number of benzene rings is 2. The van der Waals surface area contributed by atoms with Gasteiger partial charge in [-0.3, -0.25) is 14.6 Å². The summed E-state index contributed by atoms with van der Waals surface area (Å²) in [6.07, 6.45) is 2.38. The largest absolute Gasteiger partial charge is 0.484 e. The van der Waals surface area contributed by atoms with Crippen LogP contribution in [0.3, 0.4) is 0 Å². The Hall–Kier alpha value is -4.19. The second-order valence-corrected chi connectivity index (χ2v) is 7.77. The van der Waals surface area contributed by atoms with Gasteiger partial charge in [-0.1, -0.05) is 6.07 Å². The Morgan fingerprint density at radius 3 is 2.91 bits per heavy atom. The molecule has 0 saturated heterocycles. The Morgan fingerprint density at radius 1 is 1.28 bits per heavy atom. The molecule has 2 aromatic heterocycles. The van der Waals surface area contributed by atoms with Crippen LogP contribution in [0.25, 0.3) is 22.3 Å². The minimum absolute atomic E-state index is 0.0363. The topological polar surface area (TPSA) is 122 Å². The van der Waals surface area contributed by atoms with Crippen molar-refractivity contribution >= 4 is 16.8 Å². The summed E-state index contributed by atoms with van der Waals surface area (Å²) in [5.41, 5.74) is 3.06. The van der Waals surface area contributed by atoms with Gasteiger partial charge in [-0.05, 0) is 49.7 Å². The van der Waals surface area contributed by atoms with Gasteiger partial charge in [-0.25, -0.2) is 4.98 Å². The lowest BCUT2D eigenvalue weighted by molar-refractivity contribution is -0.123. The zero-order valence-corrected chi connectivity index (χ0v) is 18.1. The van der Waals surface area contributed by atoms with Crippen molar-refractivity contribution in [1.29, 1.82) is 5.26 Å². The third-order valence-corrected chi connectivity index (χ3v) is 4.89. The van der Waals surface area contributed by atoms with E-state index in [9.17, 15) is 10.1 Å². The van der Waals surface area contributed by atoms with Gasteiger partial charge in [0.25, 0.3) is 5.91 Å². The molecule has 2 aromatic carbocycles. The molecule has 4 aromatic rings. The summed E-state index contributed by atoms with van der Waals surface area (Å²) in [5.74, 6) is 1.46. The lowest BCUT2D eigenvalue weighted by atomic mass is 10.1. The number of amides is 1. The molecule has 0 aliphatic rings. The van der Waals surface area contributed by atoms with Crippen LogP contribution in [0.5, 0.6) is 5.75 Å². The summed E-state index contributed by atoms with van der Waals surface area (Å²) in [6, 6.07) is 13.3. The fraction of sp³-hybridized carbons (Fsp3) is 0.261. The predicted molar refractivity (Wildman–Crippen MR) is 119 cm³/mol. The number of ether oxygens (including phenoxy) is 1. The molecule has 162 valence electrons. The molecule has 2 heterocycles. The minimum atomic E-state index is -0.216. The summed E-state index contributed by atoms with van der Waals surface area (Å²) in [4.78, 5) is 16.4. The summed E-state index contributed by atoms with van der Waals surface area (Å²) < 4.78 is 7.24. The average Bonchev–Trinajstić information content (AvgIpc) is 3.37. The van der Waals surface area contributed by atoms with Crippen LogP contribution in [0.2, 0.25) is 0 Å². The highest BCUT2D eigenvalue weighted by Crippen LogP contribution is 2.25. The number of aromatic amines is 1. The molecular formula is C23H23N7O2. The van der Waals surface area contributed by atoms with Gasteiger partial charge in [0.05, 0.1) is 17.3 Å². The van der Waals surface area contributed by atoms with Crippen molar-refractivity contribution in [3.63, 3.8) is 0 Å². The number of carbonyl (C=O) groups is 1. The standard InChI is InChI=1S/C23H23N7O2/c1-14(2)26-22(31)13-32-18-5-6-19(16(10-18)11-24)23-27-21(30(3)29-23)9-15-4-7-20-17(8-15)12-25-28-20/h4-8,10,12,14H,9,13H2,1-3H3,(H,25,28)(H,26,31). The van der Waals surface area contributed by atoms with Crippen LogP contribution in [0.15, 0.2) is 42.6 Å². The molecule has 0 spiro atoms. The Labute approximate surface area is 185 Å². The number of fused-ring (bicyclic) bond motifs is 1. The highest BCUT2D eigenvalue weighted by Gasteiger charge is 2.15. The molecule has 0 radical (unpaired) electrons. The number of hydrogen-bond donors (Lipinski definition) is 2. The van der Waals surface area contributed by atoms with E-state index in [1.54, 1.807) is 29.1 Å². The van der Waals surface area contributed by atoms with Crippen molar-refractivity contribution < 1.29 is 9.53 Å². The van der Waals surface area contributed by atoms with Gasteiger partial charge < -0.3 is 10.1 Å².